The van der Waals surface area contributed by atoms with Gasteiger partial charge in [-0.3, -0.25) is 4.79 Å². The molecule has 1 N–H and O–H groups in total. The van der Waals surface area contributed by atoms with E-state index in [9.17, 15) is 4.79 Å². The fourth-order valence-electron chi connectivity index (χ4n) is 3.37. The number of fused-ring (bicyclic) bond motifs is 1. The molecule has 2 heterocycles. The molecule has 0 unspecified atom stereocenters. The zero-order valence-electron chi connectivity index (χ0n) is 16.2. The van der Waals surface area contributed by atoms with Crippen LogP contribution in [0.5, 0.6) is 5.75 Å². The van der Waals surface area contributed by atoms with E-state index in [1.165, 1.54) is 0 Å². The van der Waals surface area contributed by atoms with Crippen molar-refractivity contribution in [3.05, 3.63) is 77.3 Å². The van der Waals surface area contributed by atoms with Crippen molar-refractivity contribution in [3.8, 4) is 11.4 Å². The molecule has 7 heteroatoms. The number of halogens is 1. The van der Waals surface area contributed by atoms with Crippen LogP contribution in [0.2, 0.25) is 5.28 Å². The number of aromatic nitrogens is 3. The van der Waals surface area contributed by atoms with E-state index < -0.39 is 0 Å². The van der Waals surface area contributed by atoms with E-state index in [-0.39, 0.29) is 5.91 Å². The minimum Gasteiger partial charge on any atom is -0.497 e. The van der Waals surface area contributed by atoms with Crippen molar-refractivity contribution >= 4 is 28.5 Å². The first-order chi connectivity index (χ1) is 14.1. The van der Waals surface area contributed by atoms with Gasteiger partial charge in [0, 0.05) is 29.7 Å². The van der Waals surface area contributed by atoms with Gasteiger partial charge in [0.25, 0.3) is 5.91 Å². The predicted molar refractivity (Wildman–Crippen MR) is 114 cm³/mol. The number of aryl methyl sites for hydroxylation is 1. The maximum Gasteiger partial charge on any atom is 0.251 e. The van der Waals surface area contributed by atoms with Crippen LogP contribution >= 0.6 is 11.6 Å². The highest BCUT2D eigenvalue weighted by Crippen LogP contribution is 2.21. The van der Waals surface area contributed by atoms with Crippen LogP contribution in [-0.4, -0.2) is 27.1 Å². The number of benzene rings is 2. The lowest BCUT2D eigenvalue weighted by Gasteiger charge is -2.11. The van der Waals surface area contributed by atoms with Crippen molar-refractivity contribution in [2.75, 3.05) is 7.11 Å². The molecule has 0 bridgehead atoms. The Balaban J connectivity index is 1.50. The van der Waals surface area contributed by atoms with Gasteiger partial charge < -0.3 is 19.2 Å². The van der Waals surface area contributed by atoms with Crippen molar-refractivity contribution < 1.29 is 9.53 Å². The van der Waals surface area contributed by atoms with Crippen LogP contribution in [0.3, 0.4) is 0 Å². The number of carbonyl (C=O) groups is 1. The van der Waals surface area contributed by atoms with E-state index in [0.717, 1.165) is 29.2 Å². The molecule has 0 aliphatic rings. The Hall–Kier alpha value is -3.25. The van der Waals surface area contributed by atoms with Crippen LogP contribution in [0.4, 0.5) is 0 Å². The van der Waals surface area contributed by atoms with Gasteiger partial charge in [-0.15, -0.1) is 0 Å². The van der Waals surface area contributed by atoms with Gasteiger partial charge in [0.1, 0.15) is 5.75 Å². The Morgan fingerprint density at radius 2 is 1.97 bits per heavy atom. The Kier molecular flexibility index (Phi) is 5.27. The van der Waals surface area contributed by atoms with Gasteiger partial charge >= 0.3 is 0 Å². The highest BCUT2D eigenvalue weighted by molar-refractivity contribution is 6.29. The number of ether oxygens (including phenoxy) is 1. The summed E-state index contributed by atoms with van der Waals surface area (Å²) >= 11 is 6.16. The molecule has 0 saturated heterocycles. The van der Waals surface area contributed by atoms with Gasteiger partial charge in [0.05, 0.1) is 24.7 Å². The topological polar surface area (TPSA) is 61.1 Å². The van der Waals surface area contributed by atoms with Gasteiger partial charge in [-0.25, -0.2) is 4.98 Å². The maximum atomic E-state index is 12.7. The molecule has 0 aliphatic heterocycles. The Morgan fingerprint density at radius 3 is 2.69 bits per heavy atom. The predicted octanol–water partition coefficient (Wildman–Crippen LogP) is 4.44. The number of nitrogens with one attached hydrogen (secondary N) is 1. The lowest BCUT2D eigenvalue weighted by atomic mass is 10.2. The van der Waals surface area contributed by atoms with Gasteiger partial charge in [-0.1, -0.05) is 0 Å². The molecule has 2 aromatic carbocycles. The van der Waals surface area contributed by atoms with Crippen LogP contribution in [0, 0.1) is 0 Å². The smallest absolute Gasteiger partial charge is 0.251 e. The largest absolute Gasteiger partial charge is 0.497 e. The van der Waals surface area contributed by atoms with E-state index in [2.05, 4.69) is 10.3 Å². The molecule has 4 rings (SSSR count). The number of hydrogen-bond acceptors (Lipinski definition) is 3. The van der Waals surface area contributed by atoms with E-state index in [4.69, 9.17) is 16.3 Å². The summed E-state index contributed by atoms with van der Waals surface area (Å²) in [6.07, 6.45) is 1.97. The molecule has 0 fully saturated rings. The summed E-state index contributed by atoms with van der Waals surface area (Å²) in [7, 11) is 1.64. The van der Waals surface area contributed by atoms with Crippen molar-refractivity contribution in [1.82, 2.24) is 19.4 Å². The molecule has 0 aliphatic carbocycles. The first kappa shape index (κ1) is 19.1. The average Bonchev–Trinajstić information content (AvgIpc) is 3.34. The summed E-state index contributed by atoms with van der Waals surface area (Å²) in [6, 6.07) is 17.2. The molecule has 1 amide bonds. The van der Waals surface area contributed by atoms with Crippen molar-refractivity contribution in [3.63, 3.8) is 0 Å². The summed E-state index contributed by atoms with van der Waals surface area (Å²) in [6.45, 7) is 3.13. The molecule has 29 heavy (non-hydrogen) atoms. The molecule has 4 aromatic rings. The van der Waals surface area contributed by atoms with Gasteiger partial charge in [-0.05, 0) is 73.1 Å². The summed E-state index contributed by atoms with van der Waals surface area (Å²) in [4.78, 5) is 17.0. The normalized spacial score (nSPS) is 11.0. The monoisotopic (exact) mass is 408 g/mol. The molecular formula is C22H21ClN4O2. The summed E-state index contributed by atoms with van der Waals surface area (Å²) in [5.41, 5.74) is 4.16. The quantitative estimate of drug-likeness (QED) is 0.513. The highest BCUT2D eigenvalue weighted by atomic mass is 35.5. The zero-order chi connectivity index (χ0) is 20.4. The standard InChI is InChI=1S/C22H21ClN4O2/c1-3-26-20-11-6-15(13-19(20)25-22(26)23)21(28)24-14-17-5-4-12-27(17)16-7-9-18(29-2)10-8-16/h4-13H,3,14H2,1-2H3,(H,24,28). The van der Waals surface area contributed by atoms with Crippen LogP contribution in [0.1, 0.15) is 23.0 Å². The molecular weight excluding hydrogens is 388 g/mol. The summed E-state index contributed by atoms with van der Waals surface area (Å²) in [5.74, 6) is 0.647. The molecule has 0 atom stereocenters. The maximum absolute atomic E-state index is 12.7. The van der Waals surface area contributed by atoms with Crippen LogP contribution in [0.15, 0.2) is 60.8 Å². The third kappa shape index (κ3) is 3.71. The second kappa shape index (κ2) is 8.01. The number of rotatable bonds is 6. The van der Waals surface area contributed by atoms with Gasteiger partial charge in [-0.2, -0.15) is 0 Å². The SMILES string of the molecule is CCn1c(Cl)nc2cc(C(=O)NCc3cccn3-c3ccc(OC)cc3)ccc21. The van der Waals surface area contributed by atoms with Crippen molar-refractivity contribution in [1.29, 1.82) is 0 Å². The first-order valence-corrected chi connectivity index (χ1v) is 9.73. The van der Waals surface area contributed by atoms with Crippen LogP contribution < -0.4 is 10.1 Å². The number of hydrogen-bond donors (Lipinski definition) is 1. The average molecular weight is 409 g/mol. The number of nitrogens with zero attached hydrogens (tertiary/aromatic N) is 3. The number of imidazole rings is 1. The Bertz CT molecular complexity index is 1160. The fraction of sp³-hybridized carbons (Fsp3) is 0.182. The van der Waals surface area contributed by atoms with Crippen LogP contribution in [-0.2, 0) is 13.1 Å². The highest BCUT2D eigenvalue weighted by Gasteiger charge is 2.12. The van der Waals surface area contributed by atoms with Crippen molar-refractivity contribution in [2.24, 2.45) is 0 Å². The van der Waals surface area contributed by atoms with E-state index in [1.807, 2.05) is 64.7 Å². The molecule has 0 saturated carbocycles. The number of carbonyl (C=O) groups excluding carboxylic acids is 1. The van der Waals surface area contributed by atoms with Crippen molar-refractivity contribution in [2.45, 2.75) is 20.0 Å². The first-order valence-electron chi connectivity index (χ1n) is 9.35. The molecule has 6 nitrogen and oxygen atoms in total. The fourth-order valence-corrected chi connectivity index (χ4v) is 3.67. The van der Waals surface area contributed by atoms with Gasteiger partial charge in [0.2, 0.25) is 5.28 Å². The Labute approximate surface area is 173 Å². The van der Waals surface area contributed by atoms with E-state index in [0.29, 0.717) is 22.9 Å². The van der Waals surface area contributed by atoms with Crippen LogP contribution in [0.25, 0.3) is 16.7 Å². The number of amides is 1. The third-order valence-corrected chi connectivity index (χ3v) is 5.18. The second-order valence-corrected chi connectivity index (χ2v) is 6.92. The van der Waals surface area contributed by atoms with E-state index in [1.54, 1.807) is 19.2 Å². The molecule has 2 aromatic heterocycles. The molecule has 148 valence electrons. The summed E-state index contributed by atoms with van der Waals surface area (Å²) in [5, 5.41) is 3.41. The lowest BCUT2D eigenvalue weighted by Crippen LogP contribution is -2.24. The molecule has 0 spiro atoms. The minimum absolute atomic E-state index is 0.156. The zero-order valence-corrected chi connectivity index (χ0v) is 17.0. The molecule has 0 radical (unpaired) electrons. The van der Waals surface area contributed by atoms with E-state index >= 15 is 0 Å². The second-order valence-electron chi connectivity index (χ2n) is 6.58. The van der Waals surface area contributed by atoms with Gasteiger partial charge in [0.15, 0.2) is 0 Å². The summed E-state index contributed by atoms with van der Waals surface area (Å²) < 4.78 is 9.15. The number of methoxy groups -OCH3 is 1. The lowest BCUT2D eigenvalue weighted by molar-refractivity contribution is 0.0950. The third-order valence-electron chi connectivity index (χ3n) is 4.89. The Morgan fingerprint density at radius 1 is 1.17 bits per heavy atom. The minimum atomic E-state index is -0.156.